The topological polar surface area (TPSA) is 92.0 Å². The van der Waals surface area contributed by atoms with Crippen molar-refractivity contribution in [2.24, 2.45) is 28.6 Å². The zero-order chi connectivity index (χ0) is 24.7. The average molecular weight is 471 g/mol. The smallest absolute Gasteiger partial charge is 0.309 e. The molecule has 3 fully saturated rings. The standard InChI is InChI=1S/C27H34O7/c1-6-7-21-17(9-11-33-21)16-12-20(28)18-8-10-26(2)19(25(30)32-5)13-22(34-15-31-4)23(29)24(26)27(18,3)14-16/h9,11,16,18-19,22,24H,8,10,12-15H2,1-5H3. The summed E-state index contributed by atoms with van der Waals surface area (Å²) in [6.07, 6.45) is 3.41. The highest BCUT2D eigenvalue weighted by molar-refractivity contribution is 5.93. The van der Waals surface area contributed by atoms with Crippen molar-refractivity contribution in [3.63, 3.8) is 0 Å². The van der Waals surface area contributed by atoms with Gasteiger partial charge in [-0.2, -0.15) is 0 Å². The van der Waals surface area contributed by atoms with Crippen LogP contribution in [0.4, 0.5) is 0 Å². The fourth-order valence-corrected chi connectivity index (χ4v) is 7.36. The van der Waals surface area contributed by atoms with E-state index >= 15 is 0 Å². The number of fused-ring (bicyclic) bond motifs is 3. The van der Waals surface area contributed by atoms with E-state index in [1.807, 2.05) is 13.0 Å². The van der Waals surface area contributed by atoms with E-state index in [0.717, 1.165) is 5.56 Å². The Labute approximate surface area is 200 Å². The molecule has 0 saturated heterocycles. The summed E-state index contributed by atoms with van der Waals surface area (Å²) in [5.41, 5.74) is -0.332. The van der Waals surface area contributed by atoms with Gasteiger partial charge in [-0.3, -0.25) is 14.4 Å². The first-order valence-corrected chi connectivity index (χ1v) is 12.0. The van der Waals surface area contributed by atoms with Gasteiger partial charge in [-0.1, -0.05) is 19.8 Å². The summed E-state index contributed by atoms with van der Waals surface area (Å²) in [5, 5.41) is 0. The predicted octanol–water partition coefficient (Wildman–Crippen LogP) is 3.89. The molecule has 4 rings (SSSR count). The SMILES string of the molecule is CC#Cc1occc1C1CC(=O)C2CCC3(C)C(C(=O)OC)CC(OCOC)C(=O)C3C2(C)C1. The number of hydrogen-bond acceptors (Lipinski definition) is 7. The molecule has 0 aromatic carbocycles. The predicted molar refractivity (Wildman–Crippen MR) is 123 cm³/mol. The summed E-state index contributed by atoms with van der Waals surface area (Å²) in [5.74, 6) is 4.89. The molecule has 0 N–H and O–H groups in total. The van der Waals surface area contributed by atoms with Crippen LogP contribution in [-0.4, -0.2) is 44.7 Å². The minimum Gasteiger partial charge on any atom is -0.469 e. The molecule has 7 nitrogen and oxygen atoms in total. The highest BCUT2D eigenvalue weighted by Crippen LogP contribution is 2.65. The average Bonchev–Trinajstić information content (AvgIpc) is 3.26. The highest BCUT2D eigenvalue weighted by Gasteiger charge is 2.66. The van der Waals surface area contributed by atoms with Gasteiger partial charge in [-0.15, -0.1) is 0 Å². The van der Waals surface area contributed by atoms with Gasteiger partial charge in [0.25, 0.3) is 0 Å². The molecule has 0 spiro atoms. The molecule has 7 heteroatoms. The van der Waals surface area contributed by atoms with Crippen LogP contribution in [-0.2, 0) is 28.6 Å². The minimum atomic E-state index is -0.774. The molecule has 0 aliphatic heterocycles. The van der Waals surface area contributed by atoms with Crippen molar-refractivity contribution < 1.29 is 33.0 Å². The minimum absolute atomic E-state index is 0.0382. The maximum Gasteiger partial charge on any atom is 0.309 e. The fraction of sp³-hybridized carbons (Fsp3) is 0.667. The van der Waals surface area contributed by atoms with Gasteiger partial charge < -0.3 is 18.6 Å². The second-order valence-electron chi connectivity index (χ2n) is 10.5. The number of methoxy groups -OCH3 is 2. The Morgan fingerprint density at radius 2 is 2.00 bits per heavy atom. The van der Waals surface area contributed by atoms with Gasteiger partial charge in [0.15, 0.2) is 11.5 Å². The number of ether oxygens (including phenoxy) is 3. The van der Waals surface area contributed by atoms with Crippen LogP contribution in [0.5, 0.6) is 0 Å². The molecule has 1 aromatic rings. The van der Waals surface area contributed by atoms with Gasteiger partial charge in [-0.05, 0) is 61.3 Å². The lowest BCUT2D eigenvalue weighted by molar-refractivity contribution is -0.196. The zero-order valence-corrected chi connectivity index (χ0v) is 20.6. The third-order valence-corrected chi connectivity index (χ3v) is 8.70. The molecule has 184 valence electrons. The molecule has 7 atom stereocenters. The number of ketones is 2. The van der Waals surface area contributed by atoms with Crippen LogP contribution in [0.25, 0.3) is 0 Å². The van der Waals surface area contributed by atoms with Gasteiger partial charge in [-0.25, -0.2) is 0 Å². The number of esters is 1. The lowest BCUT2D eigenvalue weighted by Crippen LogP contribution is -2.64. The van der Waals surface area contributed by atoms with E-state index in [4.69, 9.17) is 18.6 Å². The molecular weight excluding hydrogens is 436 g/mol. The first kappa shape index (κ1) is 24.7. The van der Waals surface area contributed by atoms with Crippen molar-refractivity contribution in [3.8, 4) is 11.8 Å². The summed E-state index contributed by atoms with van der Waals surface area (Å²) in [6.45, 7) is 5.78. The Kier molecular flexibility index (Phi) is 6.76. The first-order chi connectivity index (χ1) is 16.2. The third kappa shape index (κ3) is 3.81. The second-order valence-corrected chi connectivity index (χ2v) is 10.5. The molecule has 1 heterocycles. The molecular formula is C27H34O7. The Hall–Kier alpha value is -2.43. The van der Waals surface area contributed by atoms with Crippen molar-refractivity contribution >= 4 is 17.5 Å². The molecule has 0 radical (unpaired) electrons. The van der Waals surface area contributed by atoms with Crippen molar-refractivity contribution in [1.82, 2.24) is 0 Å². The van der Waals surface area contributed by atoms with Crippen LogP contribution in [0, 0.1) is 40.4 Å². The van der Waals surface area contributed by atoms with Gasteiger partial charge in [0, 0.05) is 30.9 Å². The normalized spacial score (nSPS) is 37.3. The molecule has 0 amide bonds. The maximum absolute atomic E-state index is 14.0. The lowest BCUT2D eigenvalue weighted by Gasteiger charge is -2.61. The largest absolute Gasteiger partial charge is 0.469 e. The lowest BCUT2D eigenvalue weighted by atomic mass is 9.41. The molecule has 1 aromatic heterocycles. The van der Waals surface area contributed by atoms with Crippen LogP contribution in [0.2, 0.25) is 0 Å². The Bertz CT molecular complexity index is 1030. The van der Waals surface area contributed by atoms with E-state index in [0.29, 0.717) is 31.4 Å². The zero-order valence-electron chi connectivity index (χ0n) is 20.6. The second kappa shape index (κ2) is 9.31. The summed E-state index contributed by atoms with van der Waals surface area (Å²) in [6, 6.07) is 1.88. The van der Waals surface area contributed by atoms with E-state index in [1.54, 1.807) is 13.2 Å². The summed E-state index contributed by atoms with van der Waals surface area (Å²) in [7, 11) is 2.88. The first-order valence-electron chi connectivity index (χ1n) is 12.0. The number of carbonyl (C=O) groups is 3. The van der Waals surface area contributed by atoms with Crippen molar-refractivity contribution in [2.45, 2.75) is 64.9 Å². The van der Waals surface area contributed by atoms with Crippen LogP contribution < -0.4 is 0 Å². The van der Waals surface area contributed by atoms with E-state index in [9.17, 15) is 14.4 Å². The van der Waals surface area contributed by atoms with E-state index < -0.39 is 28.8 Å². The van der Waals surface area contributed by atoms with Gasteiger partial charge >= 0.3 is 5.97 Å². The number of rotatable bonds is 5. The van der Waals surface area contributed by atoms with Crippen LogP contribution in [0.15, 0.2) is 16.7 Å². The molecule has 3 aliphatic rings. The summed E-state index contributed by atoms with van der Waals surface area (Å²) < 4.78 is 21.6. The molecule has 3 aliphatic carbocycles. The van der Waals surface area contributed by atoms with Crippen molar-refractivity contribution in [3.05, 3.63) is 23.7 Å². The van der Waals surface area contributed by atoms with Gasteiger partial charge in [0.05, 0.1) is 19.3 Å². The van der Waals surface area contributed by atoms with Crippen LogP contribution in [0.3, 0.4) is 0 Å². The van der Waals surface area contributed by atoms with E-state index in [2.05, 4.69) is 18.8 Å². The molecule has 34 heavy (non-hydrogen) atoms. The van der Waals surface area contributed by atoms with Gasteiger partial charge in [0.1, 0.15) is 18.7 Å². The number of carbonyl (C=O) groups excluding carboxylic acids is 3. The van der Waals surface area contributed by atoms with Crippen molar-refractivity contribution in [1.29, 1.82) is 0 Å². The summed E-state index contributed by atoms with van der Waals surface area (Å²) in [4.78, 5) is 40.4. The Morgan fingerprint density at radius 1 is 1.24 bits per heavy atom. The van der Waals surface area contributed by atoms with Crippen LogP contribution >= 0.6 is 0 Å². The molecule has 0 bridgehead atoms. The Balaban J connectivity index is 1.78. The van der Waals surface area contributed by atoms with Crippen molar-refractivity contribution in [2.75, 3.05) is 21.0 Å². The molecule has 7 unspecified atom stereocenters. The highest BCUT2D eigenvalue weighted by atomic mass is 16.7. The van der Waals surface area contributed by atoms with Crippen LogP contribution in [0.1, 0.15) is 70.1 Å². The van der Waals surface area contributed by atoms with E-state index in [1.165, 1.54) is 14.2 Å². The number of Topliss-reactive ketones (excluding diaryl/α,β-unsaturated/α-hetero) is 2. The number of hydrogen-bond donors (Lipinski definition) is 0. The monoisotopic (exact) mass is 470 g/mol. The van der Waals surface area contributed by atoms with E-state index in [-0.39, 0.29) is 42.6 Å². The maximum atomic E-state index is 14.0. The quantitative estimate of drug-likeness (QED) is 0.366. The Morgan fingerprint density at radius 3 is 2.68 bits per heavy atom. The summed E-state index contributed by atoms with van der Waals surface area (Å²) >= 11 is 0. The molecule has 3 saturated carbocycles. The number of furan rings is 1. The third-order valence-electron chi connectivity index (χ3n) is 8.70. The fourth-order valence-electron chi connectivity index (χ4n) is 7.36. The van der Waals surface area contributed by atoms with Gasteiger partial charge in [0.2, 0.25) is 0 Å².